The van der Waals surface area contributed by atoms with Crippen LogP contribution in [0.4, 0.5) is 0 Å². The van der Waals surface area contributed by atoms with Crippen molar-refractivity contribution in [3.05, 3.63) is 23.4 Å². The fourth-order valence-electron chi connectivity index (χ4n) is 2.18. The van der Waals surface area contributed by atoms with Crippen LogP contribution in [0.15, 0.2) is 23.4 Å². The van der Waals surface area contributed by atoms with Crippen LogP contribution in [0.1, 0.15) is 40.5 Å². The zero-order chi connectivity index (χ0) is 13.4. The van der Waals surface area contributed by atoms with Crippen LogP contribution in [0.5, 0.6) is 0 Å². The van der Waals surface area contributed by atoms with Crippen LogP contribution in [0.25, 0.3) is 0 Å². The van der Waals surface area contributed by atoms with Crippen LogP contribution in [0, 0.1) is 0 Å². The summed E-state index contributed by atoms with van der Waals surface area (Å²) in [5.41, 5.74) is 2.98. The Morgan fingerprint density at radius 2 is 1.83 bits per heavy atom. The highest BCUT2D eigenvalue weighted by atomic mass is 32.2. The van der Waals surface area contributed by atoms with E-state index < -0.39 is 0 Å². The molecule has 0 unspecified atom stereocenters. The molecule has 0 saturated carbocycles. The van der Waals surface area contributed by atoms with E-state index in [-0.39, 0.29) is 0 Å². The summed E-state index contributed by atoms with van der Waals surface area (Å²) >= 11 is 1.97. The molecule has 0 atom stereocenters. The van der Waals surface area contributed by atoms with Gasteiger partial charge in [-0.2, -0.15) is 0 Å². The second kappa shape index (κ2) is 8.65. The highest BCUT2D eigenvalue weighted by molar-refractivity contribution is 7.96. The Morgan fingerprint density at radius 3 is 2.33 bits per heavy atom. The zero-order valence-electron chi connectivity index (χ0n) is 12.4. The molecule has 0 aromatic carbocycles. The van der Waals surface area contributed by atoms with Crippen molar-refractivity contribution in [2.75, 3.05) is 31.9 Å². The van der Waals surface area contributed by atoms with Gasteiger partial charge in [0, 0.05) is 37.6 Å². The van der Waals surface area contributed by atoms with Gasteiger partial charge >= 0.3 is 0 Å². The van der Waals surface area contributed by atoms with E-state index in [1.54, 1.807) is 0 Å². The van der Waals surface area contributed by atoms with Gasteiger partial charge in [-0.3, -0.25) is 0 Å². The van der Waals surface area contributed by atoms with Crippen molar-refractivity contribution >= 4 is 11.9 Å². The minimum atomic E-state index is 1.10. The third kappa shape index (κ3) is 5.07. The molecule has 0 N–H and O–H groups in total. The highest BCUT2D eigenvalue weighted by Crippen LogP contribution is 2.18. The molecule has 0 amide bonds. The standard InChI is InChI=1S/C15H28N2S/c1-5-14(4)8-9-15(6-2)16-10-12-17(13-11-16)18-7-3/h5,9H,6-8,10-13H2,1-4H3/b14-5-,15-9+. The van der Waals surface area contributed by atoms with E-state index in [2.05, 4.69) is 49.1 Å². The van der Waals surface area contributed by atoms with Crippen LogP contribution in [0.2, 0.25) is 0 Å². The lowest BCUT2D eigenvalue weighted by Crippen LogP contribution is -2.42. The summed E-state index contributed by atoms with van der Waals surface area (Å²) in [6.45, 7) is 13.6. The Labute approximate surface area is 117 Å². The smallest absolute Gasteiger partial charge is 0.0312 e. The fourth-order valence-corrected chi connectivity index (χ4v) is 2.97. The number of hydrogen-bond acceptors (Lipinski definition) is 3. The lowest BCUT2D eigenvalue weighted by molar-refractivity contribution is 0.235. The Bertz CT molecular complexity index is 289. The van der Waals surface area contributed by atoms with Crippen LogP contribution in [0.3, 0.4) is 0 Å². The van der Waals surface area contributed by atoms with E-state index >= 15 is 0 Å². The number of rotatable bonds is 6. The summed E-state index contributed by atoms with van der Waals surface area (Å²) in [5, 5.41) is 0. The monoisotopic (exact) mass is 268 g/mol. The third-order valence-corrected chi connectivity index (χ3v) is 4.46. The lowest BCUT2D eigenvalue weighted by atomic mass is 10.1. The van der Waals surface area contributed by atoms with Crippen molar-refractivity contribution in [1.82, 2.24) is 9.21 Å². The molecule has 1 rings (SSSR count). The zero-order valence-corrected chi connectivity index (χ0v) is 13.2. The minimum absolute atomic E-state index is 1.10. The topological polar surface area (TPSA) is 6.48 Å². The van der Waals surface area contributed by atoms with Crippen LogP contribution in [-0.4, -0.2) is 41.1 Å². The molecule has 1 saturated heterocycles. The minimum Gasteiger partial charge on any atom is -0.372 e. The Balaban J connectivity index is 2.47. The first-order valence-corrected chi connectivity index (χ1v) is 8.09. The van der Waals surface area contributed by atoms with Crippen molar-refractivity contribution < 1.29 is 0 Å². The van der Waals surface area contributed by atoms with Gasteiger partial charge in [0.15, 0.2) is 0 Å². The first-order chi connectivity index (χ1) is 8.71. The van der Waals surface area contributed by atoms with Gasteiger partial charge in [0.2, 0.25) is 0 Å². The SMILES string of the molecule is C/C=C(/C)C/C=C(\CC)N1CCN(SCC)CC1. The van der Waals surface area contributed by atoms with E-state index in [1.807, 2.05) is 11.9 Å². The normalized spacial score (nSPS) is 19.4. The number of hydrogen-bond donors (Lipinski definition) is 0. The molecule has 0 aromatic rings. The second-order valence-corrected chi connectivity index (χ2v) is 6.07. The Kier molecular flexibility index (Phi) is 7.52. The first-order valence-electron chi connectivity index (χ1n) is 7.14. The van der Waals surface area contributed by atoms with Crippen LogP contribution >= 0.6 is 11.9 Å². The molecular formula is C15H28N2S. The summed E-state index contributed by atoms with van der Waals surface area (Å²) < 4.78 is 2.50. The maximum absolute atomic E-state index is 2.57. The van der Waals surface area contributed by atoms with Gasteiger partial charge in [-0.1, -0.05) is 43.5 Å². The molecule has 2 nitrogen and oxygen atoms in total. The molecule has 0 bridgehead atoms. The summed E-state index contributed by atoms with van der Waals surface area (Å²) in [7, 11) is 0. The van der Waals surface area contributed by atoms with Gasteiger partial charge in [0.25, 0.3) is 0 Å². The molecule has 0 aromatic heterocycles. The van der Waals surface area contributed by atoms with Crippen molar-refractivity contribution in [2.24, 2.45) is 0 Å². The quantitative estimate of drug-likeness (QED) is 0.532. The van der Waals surface area contributed by atoms with Gasteiger partial charge in [-0.15, -0.1) is 0 Å². The molecule has 1 fully saturated rings. The number of nitrogens with zero attached hydrogens (tertiary/aromatic N) is 2. The van der Waals surface area contributed by atoms with Crippen LogP contribution < -0.4 is 0 Å². The average Bonchev–Trinajstić information content (AvgIpc) is 2.41. The van der Waals surface area contributed by atoms with E-state index in [0.29, 0.717) is 0 Å². The molecule has 3 heteroatoms. The fraction of sp³-hybridized carbons (Fsp3) is 0.733. The third-order valence-electron chi connectivity index (χ3n) is 3.47. The molecular weight excluding hydrogens is 240 g/mol. The van der Waals surface area contributed by atoms with E-state index in [4.69, 9.17) is 0 Å². The maximum atomic E-state index is 2.57. The largest absolute Gasteiger partial charge is 0.372 e. The summed E-state index contributed by atoms with van der Waals surface area (Å²) in [6, 6.07) is 0. The van der Waals surface area contributed by atoms with Crippen molar-refractivity contribution in [1.29, 1.82) is 0 Å². The molecule has 1 aliphatic heterocycles. The predicted octanol–water partition coefficient (Wildman–Crippen LogP) is 3.92. The number of piperazine rings is 1. The molecule has 1 aliphatic rings. The molecule has 1 heterocycles. The van der Waals surface area contributed by atoms with E-state index in [9.17, 15) is 0 Å². The van der Waals surface area contributed by atoms with Gasteiger partial charge in [0.05, 0.1) is 0 Å². The van der Waals surface area contributed by atoms with Crippen LogP contribution in [-0.2, 0) is 0 Å². The average molecular weight is 268 g/mol. The Hall–Kier alpha value is -0.410. The predicted molar refractivity (Wildman–Crippen MR) is 83.7 cm³/mol. The summed E-state index contributed by atoms with van der Waals surface area (Å²) in [4.78, 5) is 2.57. The van der Waals surface area contributed by atoms with Crippen molar-refractivity contribution in [3.8, 4) is 0 Å². The van der Waals surface area contributed by atoms with Crippen molar-refractivity contribution in [2.45, 2.75) is 40.5 Å². The second-order valence-electron chi connectivity index (χ2n) is 4.72. The lowest BCUT2D eigenvalue weighted by Gasteiger charge is -2.36. The summed E-state index contributed by atoms with van der Waals surface area (Å²) in [6.07, 6.45) is 6.87. The van der Waals surface area contributed by atoms with E-state index in [0.717, 1.165) is 12.8 Å². The van der Waals surface area contributed by atoms with Gasteiger partial charge in [-0.25, -0.2) is 4.31 Å². The molecule has 0 spiro atoms. The van der Waals surface area contributed by atoms with Gasteiger partial charge in [0.1, 0.15) is 0 Å². The van der Waals surface area contributed by atoms with Gasteiger partial charge in [-0.05, 0) is 26.7 Å². The maximum Gasteiger partial charge on any atom is 0.0312 e. The van der Waals surface area contributed by atoms with E-state index in [1.165, 1.54) is 43.2 Å². The molecule has 18 heavy (non-hydrogen) atoms. The Morgan fingerprint density at radius 1 is 1.17 bits per heavy atom. The first kappa shape index (κ1) is 15.6. The molecule has 0 radical (unpaired) electrons. The van der Waals surface area contributed by atoms with Crippen molar-refractivity contribution in [3.63, 3.8) is 0 Å². The van der Waals surface area contributed by atoms with Gasteiger partial charge < -0.3 is 4.90 Å². The molecule has 0 aliphatic carbocycles. The highest BCUT2D eigenvalue weighted by Gasteiger charge is 2.17. The summed E-state index contributed by atoms with van der Waals surface area (Å²) in [5.74, 6) is 1.19. The number of allylic oxidation sites excluding steroid dienone is 4. The molecule has 104 valence electrons.